The van der Waals surface area contributed by atoms with Gasteiger partial charge in [-0.15, -0.1) is 0 Å². The number of carboxylic acids is 1. The highest BCUT2D eigenvalue weighted by Gasteiger charge is 1.98. The van der Waals surface area contributed by atoms with Crippen LogP contribution in [-0.2, 0) is 20.7 Å². The van der Waals surface area contributed by atoms with Crippen LogP contribution in [0.15, 0.2) is 42.5 Å². The fourth-order valence-corrected chi connectivity index (χ4v) is 1.28. The van der Waals surface area contributed by atoms with Gasteiger partial charge in [-0.3, -0.25) is 0 Å². The van der Waals surface area contributed by atoms with Crippen molar-refractivity contribution in [1.82, 2.24) is 0 Å². The first-order valence-electron chi connectivity index (χ1n) is 5.30. The van der Waals surface area contributed by atoms with Crippen LogP contribution in [0.25, 0.3) is 0 Å². The molecular weight excluding hydrogens is 220 g/mol. The first kappa shape index (κ1) is 13.0. The summed E-state index contributed by atoms with van der Waals surface area (Å²) in [7, 11) is 0. The van der Waals surface area contributed by atoms with Gasteiger partial charge in [0.05, 0.1) is 6.61 Å². The van der Waals surface area contributed by atoms with Crippen molar-refractivity contribution in [2.45, 2.75) is 12.8 Å². The Morgan fingerprint density at radius 1 is 1.18 bits per heavy atom. The van der Waals surface area contributed by atoms with Crippen LogP contribution in [-0.4, -0.2) is 23.7 Å². The predicted molar refractivity (Wildman–Crippen MR) is 62.5 cm³/mol. The maximum Gasteiger partial charge on any atom is 0.331 e. The number of hydrogen-bond acceptors (Lipinski definition) is 3. The van der Waals surface area contributed by atoms with Gasteiger partial charge in [-0.25, -0.2) is 9.59 Å². The quantitative estimate of drug-likeness (QED) is 0.463. The van der Waals surface area contributed by atoms with E-state index < -0.39 is 11.9 Å². The normalized spacial score (nSPS) is 10.4. The van der Waals surface area contributed by atoms with Crippen molar-refractivity contribution in [3.63, 3.8) is 0 Å². The summed E-state index contributed by atoms with van der Waals surface area (Å²) in [5.41, 5.74) is 1.18. The van der Waals surface area contributed by atoms with Crippen LogP contribution in [0, 0.1) is 0 Å². The second-order valence-corrected chi connectivity index (χ2v) is 3.43. The molecule has 0 aliphatic rings. The maximum atomic E-state index is 11.0. The lowest BCUT2D eigenvalue weighted by Crippen LogP contribution is -2.04. The van der Waals surface area contributed by atoms with Gasteiger partial charge in [0, 0.05) is 12.2 Å². The number of aliphatic carboxylic acids is 1. The molecule has 1 aromatic carbocycles. The number of ether oxygens (including phenoxy) is 1. The molecule has 0 amide bonds. The minimum atomic E-state index is -1.16. The average molecular weight is 234 g/mol. The average Bonchev–Trinajstić information content (AvgIpc) is 2.33. The molecule has 17 heavy (non-hydrogen) atoms. The van der Waals surface area contributed by atoms with E-state index in [1.807, 2.05) is 30.3 Å². The molecule has 0 saturated heterocycles. The first-order chi connectivity index (χ1) is 8.18. The molecule has 0 unspecified atom stereocenters. The van der Waals surface area contributed by atoms with Crippen molar-refractivity contribution < 1.29 is 19.4 Å². The van der Waals surface area contributed by atoms with Gasteiger partial charge in [0.15, 0.2) is 0 Å². The van der Waals surface area contributed by atoms with E-state index in [9.17, 15) is 9.59 Å². The Kier molecular flexibility index (Phi) is 5.51. The smallest absolute Gasteiger partial charge is 0.331 e. The summed E-state index contributed by atoms with van der Waals surface area (Å²) in [6, 6.07) is 9.87. The van der Waals surface area contributed by atoms with E-state index in [4.69, 9.17) is 9.84 Å². The highest BCUT2D eigenvalue weighted by atomic mass is 16.5. The fraction of sp³-hybridized carbons (Fsp3) is 0.231. The Morgan fingerprint density at radius 2 is 1.88 bits per heavy atom. The van der Waals surface area contributed by atoms with E-state index in [0.717, 1.165) is 25.0 Å². The lowest BCUT2D eigenvalue weighted by atomic mass is 10.1. The third-order valence-electron chi connectivity index (χ3n) is 2.06. The maximum absolute atomic E-state index is 11.0. The minimum Gasteiger partial charge on any atom is -0.478 e. The highest BCUT2D eigenvalue weighted by molar-refractivity contribution is 5.90. The molecule has 0 spiro atoms. The van der Waals surface area contributed by atoms with Gasteiger partial charge in [-0.1, -0.05) is 30.3 Å². The molecule has 0 aliphatic heterocycles. The van der Waals surface area contributed by atoms with Crippen LogP contribution in [0.5, 0.6) is 0 Å². The van der Waals surface area contributed by atoms with Crippen LogP contribution >= 0.6 is 0 Å². The summed E-state index contributed by atoms with van der Waals surface area (Å²) in [6.45, 7) is 0.289. The Balaban J connectivity index is 2.16. The number of rotatable bonds is 6. The molecule has 0 bridgehead atoms. The number of benzene rings is 1. The minimum absolute atomic E-state index is 0.289. The molecule has 90 valence electrons. The SMILES string of the molecule is O=C(O)/C=C/C(=O)OCCCc1ccccc1. The topological polar surface area (TPSA) is 63.6 Å². The number of esters is 1. The number of aryl methyl sites for hydroxylation is 1. The molecule has 0 fully saturated rings. The van der Waals surface area contributed by atoms with Crippen LogP contribution in [0.3, 0.4) is 0 Å². The monoisotopic (exact) mass is 234 g/mol. The second kappa shape index (κ2) is 7.22. The zero-order valence-corrected chi connectivity index (χ0v) is 9.33. The van der Waals surface area contributed by atoms with Gasteiger partial charge in [-0.05, 0) is 18.4 Å². The highest BCUT2D eigenvalue weighted by Crippen LogP contribution is 2.02. The predicted octanol–water partition coefficient (Wildman–Crippen LogP) is 1.80. The van der Waals surface area contributed by atoms with Crippen molar-refractivity contribution >= 4 is 11.9 Å². The largest absolute Gasteiger partial charge is 0.478 e. The molecule has 0 radical (unpaired) electrons. The van der Waals surface area contributed by atoms with E-state index in [2.05, 4.69) is 0 Å². The summed E-state index contributed by atoms with van der Waals surface area (Å²) in [5, 5.41) is 8.29. The van der Waals surface area contributed by atoms with E-state index >= 15 is 0 Å². The summed E-state index contributed by atoms with van der Waals surface area (Å²) in [4.78, 5) is 21.1. The van der Waals surface area contributed by atoms with Crippen molar-refractivity contribution in [3.05, 3.63) is 48.0 Å². The fourth-order valence-electron chi connectivity index (χ4n) is 1.28. The standard InChI is InChI=1S/C13H14O4/c14-12(15)8-9-13(16)17-10-4-7-11-5-2-1-3-6-11/h1-3,5-6,8-9H,4,7,10H2,(H,14,15)/b9-8+. The molecule has 0 aliphatic carbocycles. The third-order valence-corrected chi connectivity index (χ3v) is 2.06. The molecular formula is C13H14O4. The molecule has 1 N–H and O–H groups in total. The van der Waals surface area contributed by atoms with Crippen molar-refractivity contribution in [2.75, 3.05) is 6.61 Å². The van der Waals surface area contributed by atoms with Gasteiger partial charge in [0.25, 0.3) is 0 Å². The van der Waals surface area contributed by atoms with Crippen LogP contribution < -0.4 is 0 Å². The van der Waals surface area contributed by atoms with Gasteiger partial charge in [0.1, 0.15) is 0 Å². The van der Waals surface area contributed by atoms with E-state index in [-0.39, 0.29) is 6.61 Å². The zero-order valence-electron chi connectivity index (χ0n) is 9.33. The molecule has 0 heterocycles. The van der Waals surface area contributed by atoms with Gasteiger partial charge in [0.2, 0.25) is 0 Å². The van der Waals surface area contributed by atoms with Gasteiger partial charge in [-0.2, -0.15) is 0 Å². The van der Waals surface area contributed by atoms with E-state index in [0.29, 0.717) is 0 Å². The Hall–Kier alpha value is -2.10. The molecule has 0 aromatic heterocycles. The molecule has 1 aromatic rings. The number of carboxylic acid groups (broad SMARTS) is 1. The van der Waals surface area contributed by atoms with Crippen LogP contribution in [0.1, 0.15) is 12.0 Å². The van der Waals surface area contributed by atoms with Crippen LogP contribution in [0.2, 0.25) is 0 Å². The summed E-state index contributed by atoms with van der Waals surface area (Å²) in [5.74, 6) is -1.79. The lowest BCUT2D eigenvalue weighted by molar-refractivity contribution is -0.138. The molecule has 0 atom stereocenters. The summed E-state index contributed by atoms with van der Waals surface area (Å²) < 4.78 is 4.83. The van der Waals surface area contributed by atoms with Gasteiger partial charge < -0.3 is 9.84 Å². The summed E-state index contributed by atoms with van der Waals surface area (Å²) >= 11 is 0. The van der Waals surface area contributed by atoms with Crippen molar-refractivity contribution in [3.8, 4) is 0 Å². The van der Waals surface area contributed by atoms with E-state index in [1.54, 1.807) is 0 Å². The Labute approximate surface area is 99.5 Å². The third kappa shape index (κ3) is 6.14. The zero-order chi connectivity index (χ0) is 12.5. The Morgan fingerprint density at radius 3 is 2.53 bits per heavy atom. The lowest BCUT2D eigenvalue weighted by Gasteiger charge is -2.02. The number of carbonyl (C=O) groups excluding carboxylic acids is 1. The second-order valence-electron chi connectivity index (χ2n) is 3.43. The molecule has 0 saturated carbocycles. The van der Waals surface area contributed by atoms with Gasteiger partial charge >= 0.3 is 11.9 Å². The van der Waals surface area contributed by atoms with Crippen LogP contribution in [0.4, 0.5) is 0 Å². The van der Waals surface area contributed by atoms with E-state index in [1.165, 1.54) is 5.56 Å². The molecule has 1 rings (SSSR count). The first-order valence-corrected chi connectivity index (χ1v) is 5.30. The van der Waals surface area contributed by atoms with Crippen molar-refractivity contribution in [1.29, 1.82) is 0 Å². The number of hydrogen-bond donors (Lipinski definition) is 1. The Bertz CT molecular complexity index is 395. The summed E-state index contributed by atoms with van der Waals surface area (Å²) in [6.07, 6.45) is 3.22. The molecule has 4 heteroatoms. The molecule has 4 nitrogen and oxygen atoms in total. The van der Waals surface area contributed by atoms with Crippen molar-refractivity contribution in [2.24, 2.45) is 0 Å². The number of carbonyl (C=O) groups is 2.